The molecule has 0 aromatic rings. The predicted octanol–water partition coefficient (Wildman–Crippen LogP) is 4.43. The average Bonchev–Trinajstić information content (AvgIpc) is 2.95. The lowest BCUT2D eigenvalue weighted by atomic mass is 9.58. The van der Waals surface area contributed by atoms with E-state index >= 15 is 0 Å². The molecule has 0 N–H and O–H groups in total. The standard InChI is InChI=1S/C19H28O2/c1-4-13-12-16(20)7-8-17(13,2)14-6-10-19-15(11-14)5-9-18(19,3)21-19/h12,14-15H,4-11H2,1-3H3/t14?,15?,17?,18-,19?/m0/s1. The molecule has 4 rings (SSSR count). The van der Waals surface area contributed by atoms with Crippen LogP contribution in [0.4, 0.5) is 0 Å². The van der Waals surface area contributed by atoms with Crippen LogP contribution in [0.2, 0.25) is 0 Å². The Morgan fingerprint density at radius 1 is 1.19 bits per heavy atom. The van der Waals surface area contributed by atoms with Crippen LogP contribution in [0.5, 0.6) is 0 Å². The Labute approximate surface area is 128 Å². The average molecular weight is 288 g/mol. The lowest BCUT2D eigenvalue weighted by Gasteiger charge is -2.46. The topological polar surface area (TPSA) is 29.6 Å². The number of hydrogen-bond acceptors (Lipinski definition) is 2. The van der Waals surface area contributed by atoms with Gasteiger partial charge in [-0.15, -0.1) is 0 Å². The van der Waals surface area contributed by atoms with Crippen molar-refractivity contribution in [2.45, 2.75) is 83.3 Å². The summed E-state index contributed by atoms with van der Waals surface area (Å²) < 4.78 is 6.20. The molecule has 3 fully saturated rings. The summed E-state index contributed by atoms with van der Waals surface area (Å²) in [7, 11) is 0. The second-order valence-corrected chi connectivity index (χ2v) is 8.34. The highest BCUT2D eigenvalue weighted by atomic mass is 16.6. The predicted molar refractivity (Wildman–Crippen MR) is 83.0 cm³/mol. The number of ether oxygens (including phenoxy) is 1. The molecule has 4 unspecified atom stereocenters. The van der Waals surface area contributed by atoms with Crippen molar-refractivity contribution in [1.29, 1.82) is 0 Å². The molecular weight excluding hydrogens is 260 g/mol. The number of hydrogen-bond donors (Lipinski definition) is 0. The third-order valence-electron chi connectivity index (χ3n) is 7.56. The Balaban J connectivity index is 1.58. The van der Waals surface area contributed by atoms with Gasteiger partial charge in [0.05, 0.1) is 5.60 Å². The van der Waals surface area contributed by atoms with Crippen molar-refractivity contribution >= 4 is 5.78 Å². The molecule has 2 nitrogen and oxygen atoms in total. The first-order valence-electron chi connectivity index (χ1n) is 8.87. The quantitative estimate of drug-likeness (QED) is 0.703. The fourth-order valence-corrected chi connectivity index (χ4v) is 6.04. The van der Waals surface area contributed by atoms with Crippen LogP contribution in [0, 0.1) is 17.3 Å². The molecule has 0 aromatic heterocycles. The first-order chi connectivity index (χ1) is 9.93. The van der Waals surface area contributed by atoms with Crippen molar-refractivity contribution in [2.75, 3.05) is 0 Å². The van der Waals surface area contributed by atoms with E-state index in [1.807, 2.05) is 6.08 Å². The molecule has 116 valence electrons. The Morgan fingerprint density at radius 3 is 2.67 bits per heavy atom. The minimum absolute atomic E-state index is 0.218. The first kappa shape index (κ1) is 14.0. The van der Waals surface area contributed by atoms with Gasteiger partial charge in [-0.2, -0.15) is 0 Å². The summed E-state index contributed by atoms with van der Waals surface area (Å²) >= 11 is 0. The van der Waals surface area contributed by atoms with E-state index in [0.717, 1.165) is 31.1 Å². The number of carbonyl (C=O) groups excluding carboxylic acids is 1. The second kappa shape index (κ2) is 4.22. The van der Waals surface area contributed by atoms with Gasteiger partial charge >= 0.3 is 0 Å². The molecule has 0 amide bonds. The minimum Gasteiger partial charge on any atom is -0.363 e. The highest BCUT2D eigenvalue weighted by Gasteiger charge is 2.74. The van der Waals surface area contributed by atoms with E-state index in [0.29, 0.717) is 5.78 Å². The summed E-state index contributed by atoms with van der Waals surface area (Å²) in [6.45, 7) is 6.97. The fraction of sp³-hybridized carbons (Fsp3) is 0.842. The smallest absolute Gasteiger partial charge is 0.155 e. The maximum atomic E-state index is 11.8. The molecule has 2 saturated carbocycles. The number of allylic oxidation sites excluding steroid dienone is 2. The molecule has 0 aromatic carbocycles. The molecule has 5 atom stereocenters. The molecular formula is C19H28O2. The van der Waals surface area contributed by atoms with Crippen molar-refractivity contribution < 1.29 is 9.53 Å². The summed E-state index contributed by atoms with van der Waals surface area (Å²) in [4.78, 5) is 11.8. The normalized spacial score (nSPS) is 52.1. The Morgan fingerprint density at radius 2 is 1.95 bits per heavy atom. The summed E-state index contributed by atoms with van der Waals surface area (Å²) in [5, 5.41) is 0. The third kappa shape index (κ3) is 1.72. The summed E-state index contributed by atoms with van der Waals surface area (Å²) in [5.74, 6) is 1.86. The van der Waals surface area contributed by atoms with Gasteiger partial charge in [-0.25, -0.2) is 0 Å². The maximum absolute atomic E-state index is 11.8. The number of carbonyl (C=O) groups is 1. The van der Waals surface area contributed by atoms with Crippen LogP contribution in [0.25, 0.3) is 0 Å². The number of epoxide rings is 1. The van der Waals surface area contributed by atoms with Gasteiger partial charge in [0.2, 0.25) is 0 Å². The minimum atomic E-state index is 0.218. The molecule has 21 heavy (non-hydrogen) atoms. The Hall–Kier alpha value is -0.630. The summed E-state index contributed by atoms with van der Waals surface area (Å²) in [6.07, 6.45) is 11.3. The molecule has 4 aliphatic rings. The van der Waals surface area contributed by atoms with Crippen LogP contribution in [-0.4, -0.2) is 17.0 Å². The van der Waals surface area contributed by atoms with Crippen LogP contribution in [-0.2, 0) is 9.53 Å². The van der Waals surface area contributed by atoms with Gasteiger partial charge in [0, 0.05) is 6.42 Å². The van der Waals surface area contributed by atoms with E-state index < -0.39 is 0 Å². The van der Waals surface area contributed by atoms with Gasteiger partial charge in [-0.3, -0.25) is 4.79 Å². The number of rotatable bonds is 2. The molecule has 3 aliphatic carbocycles. The van der Waals surface area contributed by atoms with Crippen molar-refractivity contribution in [3.05, 3.63) is 11.6 Å². The zero-order valence-electron chi connectivity index (χ0n) is 13.7. The van der Waals surface area contributed by atoms with Gasteiger partial charge < -0.3 is 4.74 Å². The highest BCUT2D eigenvalue weighted by molar-refractivity contribution is 5.91. The maximum Gasteiger partial charge on any atom is 0.155 e. The fourth-order valence-electron chi connectivity index (χ4n) is 6.04. The van der Waals surface area contributed by atoms with Crippen molar-refractivity contribution in [1.82, 2.24) is 0 Å². The van der Waals surface area contributed by atoms with Gasteiger partial charge in [0.15, 0.2) is 5.78 Å². The monoisotopic (exact) mass is 288 g/mol. The molecule has 1 heterocycles. The van der Waals surface area contributed by atoms with E-state index in [4.69, 9.17) is 4.74 Å². The Kier molecular flexibility index (Phi) is 2.81. The lowest BCUT2D eigenvalue weighted by Crippen LogP contribution is -2.41. The Bertz CT molecular complexity index is 522. The molecule has 1 spiro atoms. The largest absolute Gasteiger partial charge is 0.363 e. The zero-order chi connectivity index (χ0) is 14.9. The number of ketones is 1. The van der Waals surface area contributed by atoms with Crippen molar-refractivity contribution in [3.63, 3.8) is 0 Å². The van der Waals surface area contributed by atoms with Gasteiger partial charge in [0.1, 0.15) is 5.60 Å². The van der Waals surface area contributed by atoms with E-state index in [1.165, 1.54) is 37.7 Å². The first-order valence-corrected chi connectivity index (χ1v) is 8.87. The van der Waals surface area contributed by atoms with Gasteiger partial charge in [-0.1, -0.05) is 19.4 Å². The molecule has 0 radical (unpaired) electrons. The van der Waals surface area contributed by atoms with Crippen molar-refractivity contribution in [3.8, 4) is 0 Å². The van der Waals surface area contributed by atoms with E-state index in [1.54, 1.807) is 0 Å². The van der Waals surface area contributed by atoms with Gasteiger partial charge in [-0.05, 0) is 75.2 Å². The van der Waals surface area contributed by atoms with Crippen LogP contribution in [0.3, 0.4) is 0 Å². The highest BCUT2D eigenvalue weighted by Crippen LogP contribution is 2.69. The van der Waals surface area contributed by atoms with Crippen LogP contribution < -0.4 is 0 Å². The van der Waals surface area contributed by atoms with E-state index in [9.17, 15) is 4.79 Å². The van der Waals surface area contributed by atoms with Crippen LogP contribution in [0.15, 0.2) is 11.6 Å². The molecule has 1 aliphatic heterocycles. The molecule has 2 heteroatoms. The van der Waals surface area contributed by atoms with Gasteiger partial charge in [0.25, 0.3) is 0 Å². The molecule has 1 saturated heterocycles. The zero-order valence-corrected chi connectivity index (χ0v) is 13.7. The summed E-state index contributed by atoms with van der Waals surface area (Å²) in [5.41, 5.74) is 2.14. The van der Waals surface area contributed by atoms with Crippen molar-refractivity contribution in [2.24, 2.45) is 17.3 Å². The van der Waals surface area contributed by atoms with E-state index in [-0.39, 0.29) is 16.6 Å². The van der Waals surface area contributed by atoms with E-state index in [2.05, 4.69) is 20.8 Å². The third-order valence-corrected chi connectivity index (χ3v) is 7.56. The summed E-state index contributed by atoms with van der Waals surface area (Å²) in [6, 6.07) is 0. The second-order valence-electron chi connectivity index (χ2n) is 8.34. The molecule has 0 bridgehead atoms. The van der Waals surface area contributed by atoms with Crippen LogP contribution >= 0.6 is 0 Å². The van der Waals surface area contributed by atoms with Crippen LogP contribution in [0.1, 0.15) is 72.1 Å². The SMILES string of the molecule is CCC1=CC(=O)CCC1(C)C1CCC23O[C@@]2(C)CCC3C1. The lowest BCUT2D eigenvalue weighted by molar-refractivity contribution is -0.116.